The summed E-state index contributed by atoms with van der Waals surface area (Å²) in [6.45, 7) is 2.09. The maximum absolute atomic E-state index is 9.09. The van der Waals surface area contributed by atoms with Gasteiger partial charge in [-0.2, -0.15) is 0 Å². The first-order chi connectivity index (χ1) is 4.29. The third-order valence-corrected chi connectivity index (χ3v) is 1.55. The number of aliphatic hydroxyl groups is 1. The number of rotatable bonds is 0. The Hall–Kier alpha value is -0.560. The Morgan fingerprint density at radius 2 is 2.44 bits per heavy atom. The minimum atomic E-state index is -0.223. The molecule has 9 heavy (non-hydrogen) atoms. The zero-order valence-corrected chi connectivity index (χ0v) is 5.67. The molecular weight excluding hydrogens is 112 g/mol. The van der Waals surface area contributed by atoms with E-state index in [-0.39, 0.29) is 6.10 Å². The highest BCUT2D eigenvalue weighted by Crippen LogP contribution is 2.11. The molecular formula is C8H12O. The van der Waals surface area contributed by atoms with E-state index in [1.54, 1.807) is 0 Å². The average Bonchev–Trinajstić information content (AvgIpc) is 1.97. The Morgan fingerprint density at radius 3 is 3.22 bits per heavy atom. The molecule has 0 aromatic rings. The molecule has 0 saturated heterocycles. The highest BCUT2D eigenvalue weighted by atomic mass is 16.3. The molecule has 0 amide bonds. The molecule has 1 N–H and O–H groups in total. The van der Waals surface area contributed by atoms with Crippen LogP contribution < -0.4 is 0 Å². The maximum Gasteiger partial charge on any atom is 0.0727 e. The van der Waals surface area contributed by atoms with Gasteiger partial charge in [0.2, 0.25) is 0 Å². The van der Waals surface area contributed by atoms with Gasteiger partial charge in [-0.3, -0.25) is 0 Å². The Labute approximate surface area is 55.7 Å². The number of aliphatic hydroxyl groups excluding tert-OH is 1. The lowest BCUT2D eigenvalue weighted by Gasteiger charge is -2.00. The fourth-order valence-electron chi connectivity index (χ4n) is 0.903. The first-order valence-corrected chi connectivity index (χ1v) is 3.31. The summed E-state index contributed by atoms with van der Waals surface area (Å²) in [4.78, 5) is 0. The van der Waals surface area contributed by atoms with Crippen molar-refractivity contribution in [2.24, 2.45) is 0 Å². The van der Waals surface area contributed by atoms with Crippen LogP contribution in [-0.4, -0.2) is 11.2 Å². The second kappa shape index (κ2) is 2.83. The van der Waals surface area contributed by atoms with E-state index < -0.39 is 0 Å². The van der Waals surface area contributed by atoms with Crippen molar-refractivity contribution in [3.63, 3.8) is 0 Å². The minimum Gasteiger partial charge on any atom is -0.389 e. The SMILES string of the molecule is CC1=CC=CC(O)CC1. The summed E-state index contributed by atoms with van der Waals surface area (Å²) in [6, 6.07) is 0. The van der Waals surface area contributed by atoms with Crippen molar-refractivity contribution in [2.45, 2.75) is 25.9 Å². The van der Waals surface area contributed by atoms with Crippen LogP contribution in [0.3, 0.4) is 0 Å². The number of allylic oxidation sites excluding steroid dienone is 3. The second-order valence-electron chi connectivity index (χ2n) is 2.50. The summed E-state index contributed by atoms with van der Waals surface area (Å²) in [7, 11) is 0. The summed E-state index contributed by atoms with van der Waals surface area (Å²) < 4.78 is 0. The zero-order valence-electron chi connectivity index (χ0n) is 5.67. The van der Waals surface area contributed by atoms with Gasteiger partial charge in [0.1, 0.15) is 0 Å². The van der Waals surface area contributed by atoms with Gasteiger partial charge in [-0.15, -0.1) is 0 Å². The van der Waals surface area contributed by atoms with Gasteiger partial charge in [0.15, 0.2) is 0 Å². The van der Waals surface area contributed by atoms with E-state index in [1.165, 1.54) is 5.57 Å². The van der Waals surface area contributed by atoms with Gasteiger partial charge in [0, 0.05) is 0 Å². The Bertz CT molecular complexity index is 145. The van der Waals surface area contributed by atoms with Crippen molar-refractivity contribution in [1.82, 2.24) is 0 Å². The zero-order chi connectivity index (χ0) is 6.69. The van der Waals surface area contributed by atoms with E-state index in [9.17, 15) is 0 Å². The van der Waals surface area contributed by atoms with Crippen LogP contribution in [0, 0.1) is 0 Å². The molecule has 0 heterocycles. The average molecular weight is 124 g/mol. The van der Waals surface area contributed by atoms with Gasteiger partial charge in [-0.1, -0.05) is 23.8 Å². The van der Waals surface area contributed by atoms with Crippen LogP contribution in [0.25, 0.3) is 0 Å². The van der Waals surface area contributed by atoms with Crippen LogP contribution in [0.5, 0.6) is 0 Å². The molecule has 1 aliphatic carbocycles. The molecule has 0 aromatic carbocycles. The van der Waals surface area contributed by atoms with Gasteiger partial charge in [-0.25, -0.2) is 0 Å². The summed E-state index contributed by atoms with van der Waals surface area (Å²) in [6.07, 6.45) is 7.48. The molecule has 0 fully saturated rings. The molecule has 1 rings (SSSR count). The van der Waals surface area contributed by atoms with Crippen molar-refractivity contribution in [3.8, 4) is 0 Å². The minimum absolute atomic E-state index is 0.223. The Morgan fingerprint density at radius 1 is 1.67 bits per heavy atom. The van der Waals surface area contributed by atoms with Crippen LogP contribution in [0.15, 0.2) is 23.8 Å². The van der Waals surface area contributed by atoms with Crippen molar-refractivity contribution in [3.05, 3.63) is 23.8 Å². The predicted molar refractivity (Wildman–Crippen MR) is 38.1 cm³/mol. The van der Waals surface area contributed by atoms with Crippen LogP contribution in [0.4, 0.5) is 0 Å². The Balaban J connectivity index is 2.55. The Kier molecular flexibility index (Phi) is 2.06. The second-order valence-corrected chi connectivity index (χ2v) is 2.50. The highest BCUT2D eigenvalue weighted by molar-refractivity contribution is 5.14. The molecule has 0 aromatic heterocycles. The monoisotopic (exact) mass is 124 g/mol. The van der Waals surface area contributed by atoms with Crippen LogP contribution in [0.2, 0.25) is 0 Å². The molecule has 1 nitrogen and oxygen atoms in total. The van der Waals surface area contributed by atoms with Gasteiger partial charge in [0.05, 0.1) is 6.10 Å². The fourth-order valence-corrected chi connectivity index (χ4v) is 0.903. The molecule has 0 saturated carbocycles. The summed E-state index contributed by atoms with van der Waals surface area (Å²) in [5, 5.41) is 9.09. The summed E-state index contributed by atoms with van der Waals surface area (Å²) in [5.74, 6) is 0. The predicted octanol–water partition coefficient (Wildman–Crippen LogP) is 1.64. The highest BCUT2D eigenvalue weighted by Gasteiger charge is 2.01. The van der Waals surface area contributed by atoms with Crippen molar-refractivity contribution < 1.29 is 5.11 Å². The first kappa shape index (κ1) is 6.56. The van der Waals surface area contributed by atoms with E-state index in [4.69, 9.17) is 5.11 Å². The molecule has 0 aliphatic heterocycles. The lowest BCUT2D eigenvalue weighted by molar-refractivity contribution is 0.214. The largest absolute Gasteiger partial charge is 0.389 e. The van der Waals surface area contributed by atoms with Crippen LogP contribution in [0.1, 0.15) is 19.8 Å². The topological polar surface area (TPSA) is 20.2 Å². The molecule has 0 radical (unpaired) electrons. The number of hydrogen-bond acceptors (Lipinski definition) is 1. The van der Waals surface area contributed by atoms with Crippen molar-refractivity contribution >= 4 is 0 Å². The third kappa shape index (κ3) is 2.02. The lowest BCUT2D eigenvalue weighted by atomic mass is 10.1. The van der Waals surface area contributed by atoms with E-state index in [0.717, 1.165) is 12.8 Å². The third-order valence-electron chi connectivity index (χ3n) is 1.55. The lowest BCUT2D eigenvalue weighted by Crippen LogP contribution is -1.99. The molecule has 0 spiro atoms. The summed E-state index contributed by atoms with van der Waals surface area (Å²) >= 11 is 0. The van der Waals surface area contributed by atoms with Crippen LogP contribution >= 0.6 is 0 Å². The van der Waals surface area contributed by atoms with Gasteiger partial charge in [-0.05, 0) is 19.8 Å². The van der Waals surface area contributed by atoms with Gasteiger partial charge >= 0.3 is 0 Å². The molecule has 0 bridgehead atoms. The van der Waals surface area contributed by atoms with E-state index in [2.05, 4.69) is 13.0 Å². The normalized spacial score (nSPS) is 27.3. The van der Waals surface area contributed by atoms with Crippen molar-refractivity contribution in [2.75, 3.05) is 0 Å². The smallest absolute Gasteiger partial charge is 0.0727 e. The summed E-state index contributed by atoms with van der Waals surface area (Å²) in [5.41, 5.74) is 1.35. The fraction of sp³-hybridized carbons (Fsp3) is 0.500. The first-order valence-electron chi connectivity index (χ1n) is 3.31. The number of hydrogen-bond donors (Lipinski definition) is 1. The van der Waals surface area contributed by atoms with Gasteiger partial charge < -0.3 is 5.11 Å². The maximum atomic E-state index is 9.09. The van der Waals surface area contributed by atoms with E-state index in [1.807, 2.05) is 12.2 Å². The quantitative estimate of drug-likeness (QED) is 0.520. The van der Waals surface area contributed by atoms with E-state index in [0.29, 0.717) is 0 Å². The molecule has 1 unspecified atom stereocenters. The van der Waals surface area contributed by atoms with E-state index >= 15 is 0 Å². The van der Waals surface area contributed by atoms with Crippen molar-refractivity contribution in [1.29, 1.82) is 0 Å². The standard InChI is InChI=1S/C8H12O/c1-7-3-2-4-8(9)6-5-7/h2-4,8-9H,5-6H2,1H3. The molecule has 1 atom stereocenters. The van der Waals surface area contributed by atoms with Gasteiger partial charge in [0.25, 0.3) is 0 Å². The van der Waals surface area contributed by atoms with Crippen LogP contribution in [-0.2, 0) is 0 Å². The molecule has 1 aliphatic rings. The molecule has 50 valence electrons. The molecule has 1 heteroatoms.